The Hall–Kier alpha value is -4.84. The molecule has 5 aromatic rings. The molecule has 0 saturated carbocycles. The molecule has 5 rings (SSSR count). The number of anilines is 2. The van der Waals surface area contributed by atoms with Gasteiger partial charge in [-0.15, -0.1) is 0 Å². The first-order valence-electron chi connectivity index (χ1n) is 11.5. The van der Waals surface area contributed by atoms with Crippen molar-refractivity contribution in [3.05, 3.63) is 60.8 Å². The number of nitrogens with one attached hydrogen (secondary N) is 2. The zero-order valence-electron chi connectivity index (χ0n) is 20.5. The van der Waals surface area contributed by atoms with Gasteiger partial charge in [0.1, 0.15) is 11.8 Å². The number of hydrogen-bond acceptors (Lipinski definition) is 10. The van der Waals surface area contributed by atoms with Crippen LogP contribution in [0.2, 0.25) is 0 Å². The van der Waals surface area contributed by atoms with Gasteiger partial charge >= 0.3 is 6.01 Å². The minimum atomic E-state index is -0.360. The van der Waals surface area contributed by atoms with Crippen LogP contribution in [0.4, 0.5) is 11.4 Å². The average Bonchev–Trinajstić information content (AvgIpc) is 3.27. The third kappa shape index (κ3) is 5.09. The quantitative estimate of drug-likeness (QED) is 0.290. The third-order valence-electron chi connectivity index (χ3n) is 5.49. The van der Waals surface area contributed by atoms with E-state index in [4.69, 9.17) is 15.2 Å². The molecular weight excluding hydrogens is 474 g/mol. The van der Waals surface area contributed by atoms with Crippen molar-refractivity contribution in [3.8, 4) is 17.6 Å². The van der Waals surface area contributed by atoms with Crippen LogP contribution in [0, 0.1) is 0 Å². The molecule has 12 nitrogen and oxygen atoms in total. The molecule has 0 aliphatic carbocycles. The van der Waals surface area contributed by atoms with Crippen LogP contribution < -0.4 is 25.8 Å². The number of benzene rings is 2. The van der Waals surface area contributed by atoms with Crippen molar-refractivity contribution < 1.29 is 14.3 Å². The summed E-state index contributed by atoms with van der Waals surface area (Å²) in [6.07, 6.45) is 6.43. The van der Waals surface area contributed by atoms with E-state index < -0.39 is 0 Å². The lowest BCUT2D eigenvalue weighted by molar-refractivity contribution is 0.102. The summed E-state index contributed by atoms with van der Waals surface area (Å²) >= 11 is 0. The van der Waals surface area contributed by atoms with E-state index in [-0.39, 0.29) is 18.0 Å². The molecule has 1 atom stereocenters. The number of carbonyl (C=O) groups is 1. The number of ether oxygens (including phenoxy) is 2. The van der Waals surface area contributed by atoms with Gasteiger partial charge in [-0.2, -0.15) is 10.1 Å². The number of methoxy groups -OCH3 is 1. The van der Waals surface area contributed by atoms with Crippen LogP contribution in [-0.4, -0.2) is 55.3 Å². The van der Waals surface area contributed by atoms with Gasteiger partial charge in [0.15, 0.2) is 5.75 Å². The summed E-state index contributed by atoms with van der Waals surface area (Å²) in [5, 5.41) is 12.2. The molecule has 1 amide bonds. The van der Waals surface area contributed by atoms with Gasteiger partial charge in [0, 0.05) is 72.5 Å². The van der Waals surface area contributed by atoms with Crippen molar-refractivity contribution in [1.82, 2.24) is 29.7 Å². The fourth-order valence-electron chi connectivity index (χ4n) is 3.83. The maximum Gasteiger partial charge on any atom is 0.316 e. The molecular formula is C25H25N9O3. The number of fused-ring (bicyclic) bond motifs is 2. The molecule has 0 spiro atoms. The van der Waals surface area contributed by atoms with Gasteiger partial charge in [0.05, 0.1) is 18.2 Å². The van der Waals surface area contributed by atoms with E-state index in [1.807, 2.05) is 32.3 Å². The predicted molar refractivity (Wildman–Crippen MR) is 139 cm³/mol. The molecule has 3 aromatic heterocycles. The summed E-state index contributed by atoms with van der Waals surface area (Å²) in [5.41, 5.74) is 8.61. The number of nitrogens with zero attached hydrogens (tertiary/aromatic N) is 6. The van der Waals surface area contributed by atoms with E-state index in [1.54, 1.807) is 35.3 Å². The van der Waals surface area contributed by atoms with Crippen molar-refractivity contribution >= 4 is 39.1 Å². The second-order valence-corrected chi connectivity index (χ2v) is 8.46. The number of hydrogen-bond donors (Lipinski definition) is 3. The average molecular weight is 500 g/mol. The highest BCUT2D eigenvalue weighted by Crippen LogP contribution is 2.33. The first-order chi connectivity index (χ1) is 17.9. The monoisotopic (exact) mass is 499 g/mol. The Bertz CT molecular complexity index is 1590. The summed E-state index contributed by atoms with van der Waals surface area (Å²) in [5.74, 6) is 0.437. The van der Waals surface area contributed by atoms with Gasteiger partial charge in [0.2, 0.25) is 5.88 Å². The van der Waals surface area contributed by atoms with Gasteiger partial charge < -0.3 is 25.8 Å². The Balaban J connectivity index is 1.52. The SMILES string of the molecule is COc1ncc2c(NC[C@@H](C)N)ccc(C(=O)Nc3cc(Oc4ccncn4)c4nn(C)cc4c3)c2n1. The highest BCUT2D eigenvalue weighted by molar-refractivity contribution is 6.14. The molecule has 0 fully saturated rings. The summed E-state index contributed by atoms with van der Waals surface area (Å²) in [7, 11) is 3.29. The summed E-state index contributed by atoms with van der Waals surface area (Å²) in [4.78, 5) is 30.2. The fraction of sp³-hybridized carbons (Fsp3) is 0.200. The lowest BCUT2D eigenvalue weighted by Gasteiger charge is -2.14. The lowest BCUT2D eigenvalue weighted by atomic mass is 10.1. The molecule has 3 heterocycles. The molecule has 0 radical (unpaired) electrons. The first-order valence-corrected chi connectivity index (χ1v) is 11.5. The topological polar surface area (TPSA) is 155 Å². The van der Waals surface area contributed by atoms with Crippen molar-refractivity contribution in [2.24, 2.45) is 12.8 Å². The lowest BCUT2D eigenvalue weighted by Crippen LogP contribution is -2.25. The number of nitrogens with two attached hydrogens (primary N) is 1. The number of carbonyl (C=O) groups excluding carboxylic acids is 1. The van der Waals surface area contributed by atoms with E-state index >= 15 is 0 Å². The van der Waals surface area contributed by atoms with Crippen LogP contribution in [0.1, 0.15) is 17.3 Å². The van der Waals surface area contributed by atoms with E-state index in [9.17, 15) is 4.79 Å². The molecule has 188 valence electrons. The molecule has 37 heavy (non-hydrogen) atoms. The van der Waals surface area contributed by atoms with Crippen molar-refractivity contribution in [3.63, 3.8) is 0 Å². The van der Waals surface area contributed by atoms with Crippen LogP contribution in [0.15, 0.2) is 55.2 Å². The Morgan fingerprint density at radius 2 is 2.05 bits per heavy atom. The molecule has 0 aliphatic heterocycles. The van der Waals surface area contributed by atoms with Crippen molar-refractivity contribution in [2.75, 3.05) is 24.3 Å². The normalized spacial score (nSPS) is 11.9. The van der Waals surface area contributed by atoms with Gasteiger partial charge in [-0.1, -0.05) is 0 Å². The van der Waals surface area contributed by atoms with E-state index in [0.29, 0.717) is 45.8 Å². The molecule has 12 heteroatoms. The third-order valence-corrected chi connectivity index (χ3v) is 5.49. The van der Waals surface area contributed by atoms with Gasteiger partial charge in [-0.25, -0.2) is 15.0 Å². The maximum absolute atomic E-state index is 13.5. The highest BCUT2D eigenvalue weighted by Gasteiger charge is 2.18. The molecule has 2 aromatic carbocycles. The minimum Gasteiger partial charge on any atom is -0.467 e. The maximum atomic E-state index is 13.5. The van der Waals surface area contributed by atoms with Crippen molar-refractivity contribution in [2.45, 2.75) is 13.0 Å². The zero-order chi connectivity index (χ0) is 25.9. The van der Waals surface area contributed by atoms with Crippen molar-refractivity contribution in [1.29, 1.82) is 0 Å². The number of amides is 1. The van der Waals surface area contributed by atoms with Crippen LogP contribution in [0.5, 0.6) is 17.6 Å². The molecule has 0 unspecified atom stereocenters. The molecule has 4 N–H and O–H groups in total. The van der Waals surface area contributed by atoms with Crippen LogP contribution in [0.25, 0.3) is 21.8 Å². The number of aromatic nitrogens is 6. The Kier molecular flexibility index (Phi) is 6.47. The summed E-state index contributed by atoms with van der Waals surface area (Å²) in [6, 6.07) is 8.77. The summed E-state index contributed by atoms with van der Waals surface area (Å²) in [6.45, 7) is 2.45. The predicted octanol–water partition coefficient (Wildman–Crippen LogP) is 3.12. The minimum absolute atomic E-state index is 0.0571. The smallest absolute Gasteiger partial charge is 0.316 e. The largest absolute Gasteiger partial charge is 0.467 e. The standard InChI is InChI=1S/C25H25N9O3/c1-14(26)10-28-19-5-4-17(23-18(19)11-29-25(32-23)36-3)24(35)31-16-8-15-12-34(2)33-22(15)20(9-16)37-21-6-7-27-13-30-21/h4-9,11-14,28H,10,26H2,1-3H3,(H,31,35)/t14-/m1/s1. The highest BCUT2D eigenvalue weighted by atomic mass is 16.5. The number of aryl methyl sites for hydroxylation is 1. The fourth-order valence-corrected chi connectivity index (χ4v) is 3.83. The van der Waals surface area contributed by atoms with E-state index in [0.717, 1.165) is 11.1 Å². The van der Waals surface area contributed by atoms with Gasteiger partial charge in [-0.3, -0.25) is 9.48 Å². The molecule has 0 bridgehead atoms. The van der Waals surface area contributed by atoms with E-state index in [2.05, 4.69) is 35.7 Å². The van der Waals surface area contributed by atoms with E-state index in [1.165, 1.54) is 13.4 Å². The van der Waals surface area contributed by atoms with Gasteiger partial charge in [0.25, 0.3) is 5.91 Å². The van der Waals surface area contributed by atoms with Crippen LogP contribution in [0.3, 0.4) is 0 Å². The first kappa shape index (κ1) is 23.9. The van der Waals surface area contributed by atoms with Gasteiger partial charge in [-0.05, 0) is 25.1 Å². The molecule has 0 saturated heterocycles. The van der Waals surface area contributed by atoms with Crippen LogP contribution in [-0.2, 0) is 7.05 Å². The number of rotatable bonds is 8. The summed E-state index contributed by atoms with van der Waals surface area (Å²) < 4.78 is 12.8. The van der Waals surface area contributed by atoms with Crippen LogP contribution >= 0.6 is 0 Å². The Morgan fingerprint density at radius 1 is 1.19 bits per heavy atom. The second kappa shape index (κ2) is 10.0. The second-order valence-electron chi connectivity index (χ2n) is 8.46. The molecule has 0 aliphatic rings. The Morgan fingerprint density at radius 3 is 2.81 bits per heavy atom. The zero-order valence-corrected chi connectivity index (χ0v) is 20.5. The Labute approximate surface area is 211 Å².